The number of carbonyl (C=O) groups is 1. The van der Waals surface area contributed by atoms with Gasteiger partial charge in [-0.3, -0.25) is 4.79 Å². The molecular formula is C19H28FN3O2. The van der Waals surface area contributed by atoms with Gasteiger partial charge in [0, 0.05) is 51.6 Å². The number of likely N-dealkylation sites (tertiary alicyclic amines) is 1. The maximum absolute atomic E-state index is 13.9. The molecule has 0 saturated carbocycles. The third kappa shape index (κ3) is 4.30. The summed E-state index contributed by atoms with van der Waals surface area (Å²) >= 11 is 0. The van der Waals surface area contributed by atoms with Crippen molar-refractivity contribution in [2.75, 3.05) is 57.8 Å². The maximum Gasteiger partial charge on any atom is 0.256 e. The van der Waals surface area contributed by atoms with Crippen LogP contribution in [0.3, 0.4) is 0 Å². The zero-order valence-electron chi connectivity index (χ0n) is 15.2. The van der Waals surface area contributed by atoms with Gasteiger partial charge in [0.2, 0.25) is 0 Å². The van der Waals surface area contributed by atoms with Gasteiger partial charge in [0.05, 0.1) is 11.7 Å². The molecule has 3 rings (SSSR count). The van der Waals surface area contributed by atoms with E-state index < -0.39 is 0 Å². The van der Waals surface area contributed by atoms with Crippen molar-refractivity contribution in [2.45, 2.75) is 25.9 Å². The van der Waals surface area contributed by atoms with Crippen molar-refractivity contribution in [1.29, 1.82) is 0 Å². The molecule has 138 valence electrons. The van der Waals surface area contributed by atoms with Crippen LogP contribution in [0.15, 0.2) is 18.2 Å². The number of likely N-dealkylation sites (N-methyl/N-ethyl adjacent to an activating group) is 1. The van der Waals surface area contributed by atoms with Gasteiger partial charge < -0.3 is 19.4 Å². The quantitative estimate of drug-likeness (QED) is 0.835. The van der Waals surface area contributed by atoms with Gasteiger partial charge in [-0.25, -0.2) is 4.39 Å². The Hall–Kier alpha value is -1.66. The van der Waals surface area contributed by atoms with Crippen molar-refractivity contribution in [2.24, 2.45) is 0 Å². The lowest BCUT2D eigenvalue weighted by molar-refractivity contribution is 0.00725. The zero-order chi connectivity index (χ0) is 17.8. The van der Waals surface area contributed by atoms with Gasteiger partial charge in [-0.05, 0) is 45.0 Å². The van der Waals surface area contributed by atoms with Crippen molar-refractivity contribution < 1.29 is 13.9 Å². The average molecular weight is 349 g/mol. The standard InChI is InChI=1S/C19H28FN3O2/c1-3-25-16-5-4-8-23(14-16)19(24)17-13-15(20)6-7-18(17)22-11-9-21(2)10-12-22/h6-7,13,16H,3-5,8-12,14H2,1-2H3. The molecule has 25 heavy (non-hydrogen) atoms. The topological polar surface area (TPSA) is 36.0 Å². The van der Waals surface area contributed by atoms with Crippen molar-refractivity contribution in [3.05, 3.63) is 29.6 Å². The molecule has 1 unspecified atom stereocenters. The number of rotatable bonds is 4. The highest BCUT2D eigenvalue weighted by Crippen LogP contribution is 2.26. The predicted molar refractivity (Wildman–Crippen MR) is 96.7 cm³/mol. The normalized spacial score (nSPS) is 22.3. The lowest BCUT2D eigenvalue weighted by Gasteiger charge is -2.36. The molecule has 2 fully saturated rings. The second-order valence-corrected chi connectivity index (χ2v) is 6.92. The SMILES string of the molecule is CCOC1CCCN(C(=O)c2cc(F)ccc2N2CCN(C)CC2)C1. The second kappa shape index (κ2) is 8.15. The Bertz CT molecular complexity index is 600. The molecule has 0 bridgehead atoms. The fourth-order valence-electron chi connectivity index (χ4n) is 3.67. The third-order valence-electron chi connectivity index (χ3n) is 5.10. The minimum absolute atomic E-state index is 0.0853. The van der Waals surface area contributed by atoms with E-state index in [4.69, 9.17) is 4.74 Å². The van der Waals surface area contributed by atoms with E-state index in [0.717, 1.165) is 44.7 Å². The summed E-state index contributed by atoms with van der Waals surface area (Å²) in [6.45, 7) is 7.51. The second-order valence-electron chi connectivity index (χ2n) is 6.92. The Labute approximate surface area is 149 Å². The molecule has 2 heterocycles. The zero-order valence-corrected chi connectivity index (χ0v) is 15.2. The third-order valence-corrected chi connectivity index (χ3v) is 5.10. The number of halogens is 1. The lowest BCUT2D eigenvalue weighted by Crippen LogP contribution is -2.46. The minimum Gasteiger partial charge on any atom is -0.377 e. The number of nitrogens with zero attached hydrogens (tertiary/aromatic N) is 3. The summed E-state index contributed by atoms with van der Waals surface area (Å²) in [5.74, 6) is -0.447. The number of ether oxygens (including phenoxy) is 1. The van der Waals surface area contributed by atoms with E-state index in [0.29, 0.717) is 25.3 Å². The van der Waals surface area contributed by atoms with Gasteiger partial charge in [-0.15, -0.1) is 0 Å². The molecule has 0 aliphatic carbocycles. The van der Waals surface area contributed by atoms with Gasteiger partial charge in [-0.2, -0.15) is 0 Å². The van der Waals surface area contributed by atoms with E-state index >= 15 is 0 Å². The largest absolute Gasteiger partial charge is 0.377 e. The van der Waals surface area contributed by atoms with Gasteiger partial charge >= 0.3 is 0 Å². The highest BCUT2D eigenvalue weighted by atomic mass is 19.1. The van der Waals surface area contributed by atoms with Crippen LogP contribution in [0.25, 0.3) is 0 Å². The predicted octanol–water partition coefficient (Wildman–Crippen LogP) is 2.22. The molecule has 2 saturated heterocycles. The van der Waals surface area contributed by atoms with Crippen LogP contribution in [-0.2, 0) is 4.74 Å². The van der Waals surface area contributed by atoms with Crippen molar-refractivity contribution in [3.63, 3.8) is 0 Å². The summed E-state index contributed by atoms with van der Waals surface area (Å²) in [4.78, 5) is 19.4. The summed E-state index contributed by atoms with van der Waals surface area (Å²) < 4.78 is 19.6. The molecule has 2 aliphatic rings. The van der Waals surface area contributed by atoms with Crippen LogP contribution in [0.5, 0.6) is 0 Å². The monoisotopic (exact) mass is 349 g/mol. The first-order valence-corrected chi connectivity index (χ1v) is 9.22. The Kier molecular flexibility index (Phi) is 5.91. The highest BCUT2D eigenvalue weighted by molar-refractivity contribution is 6.00. The van der Waals surface area contributed by atoms with E-state index in [9.17, 15) is 9.18 Å². The van der Waals surface area contributed by atoms with Crippen LogP contribution in [0.2, 0.25) is 0 Å². The number of anilines is 1. The molecule has 0 aromatic heterocycles. The van der Waals surface area contributed by atoms with Crippen LogP contribution in [0.4, 0.5) is 10.1 Å². The Morgan fingerprint density at radius 3 is 2.72 bits per heavy atom. The van der Waals surface area contributed by atoms with Gasteiger partial charge in [-0.1, -0.05) is 0 Å². The molecule has 1 aromatic rings. The summed E-state index contributed by atoms with van der Waals surface area (Å²) in [6.07, 6.45) is 1.99. The fraction of sp³-hybridized carbons (Fsp3) is 0.632. The minimum atomic E-state index is -0.361. The first-order chi connectivity index (χ1) is 12.1. The van der Waals surface area contributed by atoms with Crippen LogP contribution >= 0.6 is 0 Å². The number of benzene rings is 1. The number of piperazine rings is 1. The fourth-order valence-corrected chi connectivity index (χ4v) is 3.67. The van der Waals surface area contributed by atoms with E-state index in [2.05, 4.69) is 16.8 Å². The molecule has 0 radical (unpaired) electrons. The maximum atomic E-state index is 13.9. The van der Waals surface area contributed by atoms with Crippen LogP contribution in [0.1, 0.15) is 30.1 Å². The van der Waals surface area contributed by atoms with E-state index in [1.807, 2.05) is 11.8 Å². The van der Waals surface area contributed by atoms with Crippen molar-refractivity contribution >= 4 is 11.6 Å². The molecule has 2 aliphatic heterocycles. The first-order valence-electron chi connectivity index (χ1n) is 9.22. The Morgan fingerprint density at radius 1 is 1.24 bits per heavy atom. The number of amides is 1. The summed E-state index contributed by atoms with van der Waals surface area (Å²) in [5, 5.41) is 0. The summed E-state index contributed by atoms with van der Waals surface area (Å²) in [5.41, 5.74) is 1.32. The summed E-state index contributed by atoms with van der Waals surface area (Å²) in [6, 6.07) is 4.59. The Morgan fingerprint density at radius 2 is 2.00 bits per heavy atom. The van der Waals surface area contributed by atoms with Crippen LogP contribution < -0.4 is 4.90 Å². The molecule has 6 heteroatoms. The molecule has 0 N–H and O–H groups in total. The first kappa shape index (κ1) is 18.1. The van der Waals surface area contributed by atoms with E-state index in [1.165, 1.54) is 12.1 Å². The van der Waals surface area contributed by atoms with E-state index in [1.54, 1.807) is 6.07 Å². The molecule has 0 spiro atoms. The van der Waals surface area contributed by atoms with Crippen molar-refractivity contribution in [3.8, 4) is 0 Å². The highest BCUT2D eigenvalue weighted by Gasteiger charge is 2.28. The molecule has 1 atom stereocenters. The average Bonchev–Trinajstić information content (AvgIpc) is 2.62. The smallest absolute Gasteiger partial charge is 0.256 e. The van der Waals surface area contributed by atoms with Gasteiger partial charge in [0.1, 0.15) is 5.82 Å². The van der Waals surface area contributed by atoms with Gasteiger partial charge in [0.25, 0.3) is 5.91 Å². The lowest BCUT2D eigenvalue weighted by atomic mass is 10.0. The molecule has 1 aromatic carbocycles. The molecule has 1 amide bonds. The Balaban J connectivity index is 1.80. The number of piperidine rings is 1. The van der Waals surface area contributed by atoms with Gasteiger partial charge in [0.15, 0.2) is 0 Å². The summed E-state index contributed by atoms with van der Waals surface area (Å²) in [7, 11) is 2.09. The van der Waals surface area contributed by atoms with Crippen molar-refractivity contribution in [1.82, 2.24) is 9.80 Å². The number of carbonyl (C=O) groups excluding carboxylic acids is 1. The van der Waals surface area contributed by atoms with Crippen LogP contribution in [-0.4, -0.2) is 74.7 Å². The van der Waals surface area contributed by atoms with Crippen LogP contribution in [0, 0.1) is 5.82 Å². The number of hydrogen-bond acceptors (Lipinski definition) is 4. The molecule has 5 nitrogen and oxygen atoms in total. The van der Waals surface area contributed by atoms with E-state index in [-0.39, 0.29) is 17.8 Å². The number of hydrogen-bond donors (Lipinski definition) is 0. The molecular weight excluding hydrogens is 321 g/mol.